The fraction of sp³-hybridized carbons (Fsp3) is 0.0488. The van der Waals surface area contributed by atoms with E-state index in [1.54, 1.807) is 0 Å². The van der Waals surface area contributed by atoms with E-state index in [0.717, 1.165) is 63.0 Å². The fourth-order valence-electron chi connectivity index (χ4n) is 7.41. The maximum atomic E-state index is 6.76. The van der Waals surface area contributed by atoms with Gasteiger partial charge in [0.05, 0.1) is 22.2 Å². The first-order chi connectivity index (χ1) is 22.3. The van der Waals surface area contributed by atoms with Gasteiger partial charge >= 0.3 is 0 Å². The predicted octanol–water partition coefficient (Wildman–Crippen LogP) is 10.6. The summed E-state index contributed by atoms with van der Waals surface area (Å²) in [7, 11) is 0. The van der Waals surface area contributed by atoms with E-state index < -0.39 is 0 Å². The molecule has 0 radical (unpaired) electrons. The topological polar surface area (TPSA) is 35.9 Å². The quantitative estimate of drug-likeness (QED) is 0.209. The second kappa shape index (κ2) is 9.31. The van der Waals surface area contributed by atoms with Crippen molar-refractivity contribution >= 4 is 60.7 Å². The minimum Gasteiger partial charge on any atom is -0.452 e. The zero-order valence-corrected chi connectivity index (χ0v) is 24.4. The molecule has 0 aliphatic heterocycles. The Morgan fingerprint density at radius 2 is 1.22 bits per heavy atom. The molecule has 0 saturated heterocycles. The van der Waals surface area contributed by atoms with Crippen molar-refractivity contribution in [2.45, 2.75) is 12.8 Å². The normalized spacial score (nSPS) is 13.1. The van der Waals surface area contributed by atoms with Crippen LogP contribution in [0.4, 0.5) is 0 Å². The van der Waals surface area contributed by atoms with Crippen LogP contribution in [0.25, 0.3) is 83.5 Å². The van der Waals surface area contributed by atoms with Gasteiger partial charge in [0.15, 0.2) is 11.4 Å². The van der Waals surface area contributed by atoms with Gasteiger partial charge in [-0.05, 0) is 72.0 Å². The molecule has 9 aromatic rings. The van der Waals surface area contributed by atoms with Crippen LogP contribution in [0.1, 0.15) is 17.7 Å². The molecule has 4 heterocycles. The third kappa shape index (κ3) is 3.51. The lowest BCUT2D eigenvalue weighted by Gasteiger charge is -2.14. The third-order valence-electron chi connectivity index (χ3n) is 9.41. The van der Waals surface area contributed by atoms with E-state index in [0.29, 0.717) is 0 Å². The lowest BCUT2D eigenvalue weighted by atomic mass is 10.0. The van der Waals surface area contributed by atoms with Crippen LogP contribution in [0.2, 0.25) is 0 Å². The van der Waals surface area contributed by atoms with E-state index in [1.165, 1.54) is 38.5 Å². The van der Waals surface area contributed by atoms with Gasteiger partial charge in [-0.3, -0.25) is 9.13 Å². The van der Waals surface area contributed by atoms with E-state index >= 15 is 0 Å². The molecule has 0 atom stereocenters. The monoisotopic (exact) mass is 577 g/mol. The lowest BCUT2D eigenvalue weighted by molar-refractivity contribution is 0.663. The second-order valence-electron chi connectivity index (χ2n) is 11.9. The van der Waals surface area contributed by atoms with Gasteiger partial charge in [0.2, 0.25) is 0 Å². The molecule has 1 aliphatic rings. The zero-order valence-electron chi connectivity index (χ0n) is 24.4. The lowest BCUT2D eigenvalue weighted by Crippen LogP contribution is -2.06. The Balaban J connectivity index is 1.37. The molecule has 4 nitrogen and oxygen atoms in total. The summed E-state index contributed by atoms with van der Waals surface area (Å²) in [6, 6.07) is 45.2. The second-order valence-corrected chi connectivity index (χ2v) is 11.9. The maximum absolute atomic E-state index is 6.76. The summed E-state index contributed by atoms with van der Waals surface area (Å²) in [6.45, 7) is 0. The van der Waals surface area contributed by atoms with Crippen molar-refractivity contribution < 1.29 is 4.42 Å². The molecule has 0 spiro atoms. The summed E-state index contributed by atoms with van der Waals surface area (Å²) in [5, 5.41) is 5.82. The van der Waals surface area contributed by atoms with E-state index in [4.69, 9.17) is 9.40 Å². The Morgan fingerprint density at radius 1 is 0.556 bits per heavy atom. The number of furan rings is 1. The minimum atomic E-state index is 0.784. The predicted molar refractivity (Wildman–Crippen MR) is 185 cm³/mol. The zero-order chi connectivity index (χ0) is 29.5. The van der Waals surface area contributed by atoms with Crippen molar-refractivity contribution in [1.29, 1.82) is 0 Å². The molecule has 4 heteroatoms. The summed E-state index contributed by atoms with van der Waals surface area (Å²) in [4.78, 5) is 5.52. The Labute approximate surface area is 259 Å². The molecule has 0 saturated carbocycles. The molecule has 0 amide bonds. The van der Waals surface area contributed by atoms with Gasteiger partial charge in [-0.15, -0.1) is 0 Å². The first kappa shape index (κ1) is 24.6. The minimum absolute atomic E-state index is 0.784. The van der Waals surface area contributed by atoms with Crippen LogP contribution in [-0.2, 0) is 6.42 Å². The number of aryl methyl sites for hydroxylation is 1. The summed E-state index contributed by atoms with van der Waals surface area (Å²) in [6.07, 6.45) is 6.63. The fourth-order valence-corrected chi connectivity index (χ4v) is 7.41. The molecule has 0 fully saturated rings. The summed E-state index contributed by atoms with van der Waals surface area (Å²) in [5.74, 6) is 1.68. The molecule has 0 bridgehead atoms. The highest BCUT2D eigenvalue weighted by Crippen LogP contribution is 2.41. The van der Waals surface area contributed by atoms with Crippen LogP contribution < -0.4 is 0 Å². The average molecular weight is 578 g/mol. The van der Waals surface area contributed by atoms with Crippen molar-refractivity contribution in [1.82, 2.24) is 14.1 Å². The summed E-state index contributed by atoms with van der Waals surface area (Å²) < 4.78 is 11.4. The third-order valence-corrected chi connectivity index (χ3v) is 9.41. The Morgan fingerprint density at radius 3 is 1.98 bits per heavy atom. The van der Waals surface area contributed by atoms with Gasteiger partial charge in [-0.2, -0.15) is 0 Å². The highest BCUT2D eigenvalue weighted by atomic mass is 16.3. The molecule has 4 aromatic heterocycles. The number of hydrogen-bond acceptors (Lipinski definition) is 2. The van der Waals surface area contributed by atoms with Gasteiger partial charge in [-0.1, -0.05) is 97.1 Å². The van der Waals surface area contributed by atoms with E-state index in [1.807, 2.05) is 0 Å². The van der Waals surface area contributed by atoms with E-state index in [2.05, 4.69) is 149 Å². The van der Waals surface area contributed by atoms with Crippen LogP contribution >= 0.6 is 0 Å². The summed E-state index contributed by atoms with van der Waals surface area (Å²) in [5.41, 5.74) is 9.96. The number of aromatic nitrogens is 3. The number of para-hydroxylation sites is 3. The van der Waals surface area contributed by atoms with Crippen LogP contribution in [0.3, 0.4) is 0 Å². The summed E-state index contributed by atoms with van der Waals surface area (Å²) >= 11 is 0. The highest BCUT2D eigenvalue weighted by molar-refractivity contribution is 6.13. The first-order valence-corrected chi connectivity index (χ1v) is 15.5. The van der Waals surface area contributed by atoms with Crippen molar-refractivity contribution in [2.24, 2.45) is 0 Å². The largest absolute Gasteiger partial charge is 0.452 e. The van der Waals surface area contributed by atoms with Gasteiger partial charge < -0.3 is 4.42 Å². The number of allylic oxidation sites excluding steroid dienone is 1. The van der Waals surface area contributed by atoms with Gasteiger partial charge in [0.25, 0.3) is 0 Å². The molecular formula is C41H27N3O. The molecule has 10 rings (SSSR count). The van der Waals surface area contributed by atoms with Crippen molar-refractivity contribution in [3.8, 4) is 22.8 Å². The van der Waals surface area contributed by atoms with Crippen LogP contribution in [0, 0.1) is 0 Å². The van der Waals surface area contributed by atoms with Crippen LogP contribution in [0.15, 0.2) is 138 Å². The molecule has 5 aromatic carbocycles. The highest BCUT2D eigenvalue weighted by Gasteiger charge is 2.24. The number of rotatable bonds is 3. The van der Waals surface area contributed by atoms with Crippen molar-refractivity contribution in [3.63, 3.8) is 0 Å². The Hall–Kier alpha value is -5.87. The average Bonchev–Trinajstić information content (AvgIpc) is 3.76. The maximum Gasteiger partial charge on any atom is 0.183 e. The molecule has 0 unspecified atom stereocenters. The van der Waals surface area contributed by atoms with Gasteiger partial charge in [0, 0.05) is 26.9 Å². The number of pyridine rings is 1. The molecular weight excluding hydrogens is 550 g/mol. The molecule has 212 valence electrons. The standard InChI is InChI=1S/C41H27N3O/c1-2-12-26(13-3-1)27-22-23-38-32(24-27)33-25-39(43-34-18-8-4-14-28(34)29-15-5-9-19-35(29)43)42-41(40(33)45-38)44-36-20-10-6-16-30(36)31-17-7-11-21-37(31)44/h1-4,6-14,16-25H,5,15H2. The molecule has 45 heavy (non-hydrogen) atoms. The van der Waals surface area contributed by atoms with Crippen LogP contribution in [-0.4, -0.2) is 14.1 Å². The number of fused-ring (bicyclic) bond motifs is 9. The SMILES string of the molecule is C1=Cc2c(c3ccccc3n2-c2cc3c(oc4ccc(-c5ccccc5)cc43)c(-n3c4ccccc4c4ccccc43)n2)CC1. The Bertz CT molecular complexity index is 2600. The smallest absolute Gasteiger partial charge is 0.183 e. The molecule has 1 aliphatic carbocycles. The Kier molecular flexibility index (Phi) is 5.08. The first-order valence-electron chi connectivity index (χ1n) is 15.5. The number of benzene rings is 5. The van der Waals surface area contributed by atoms with Crippen molar-refractivity contribution in [3.05, 3.63) is 145 Å². The van der Waals surface area contributed by atoms with E-state index in [-0.39, 0.29) is 0 Å². The van der Waals surface area contributed by atoms with Crippen molar-refractivity contribution in [2.75, 3.05) is 0 Å². The van der Waals surface area contributed by atoms with E-state index in [9.17, 15) is 0 Å². The number of hydrogen-bond donors (Lipinski definition) is 0. The molecule has 0 N–H and O–H groups in total. The van der Waals surface area contributed by atoms with Crippen LogP contribution in [0.5, 0.6) is 0 Å². The van der Waals surface area contributed by atoms with Gasteiger partial charge in [-0.25, -0.2) is 4.98 Å². The number of nitrogens with zero attached hydrogens (tertiary/aromatic N) is 3. The van der Waals surface area contributed by atoms with Gasteiger partial charge in [0.1, 0.15) is 11.4 Å².